The number of anilines is 6. The van der Waals surface area contributed by atoms with Gasteiger partial charge in [-0.05, 0) is 119 Å². The second kappa shape index (κ2) is 13.9. The van der Waals surface area contributed by atoms with Crippen LogP contribution in [0.5, 0.6) is 0 Å². The van der Waals surface area contributed by atoms with Gasteiger partial charge >= 0.3 is 0 Å². The largest absolute Gasteiger partial charge is 0.309 e. The van der Waals surface area contributed by atoms with E-state index in [9.17, 15) is 0 Å². The average Bonchev–Trinajstić information content (AvgIpc) is 3.28. The minimum Gasteiger partial charge on any atom is -0.309 e. The van der Waals surface area contributed by atoms with Crippen LogP contribution in [0.25, 0.3) is 64.6 Å². The summed E-state index contributed by atoms with van der Waals surface area (Å²) in [6.45, 7) is 6.72. The van der Waals surface area contributed by atoms with Gasteiger partial charge in [0.2, 0.25) is 0 Å². The van der Waals surface area contributed by atoms with Gasteiger partial charge in [0.25, 0.3) is 0 Å². The second-order valence-corrected chi connectivity index (χ2v) is 15.9. The molecule has 11 aromatic carbocycles. The Morgan fingerprint density at radius 3 is 1.19 bits per heavy atom. The third kappa shape index (κ3) is 5.63. The molecular weight excluding hydrogens is 713 g/mol. The van der Waals surface area contributed by atoms with Gasteiger partial charge in [0, 0.05) is 43.7 Å². The number of rotatable bonds is 6. The second-order valence-electron chi connectivity index (χ2n) is 15.9. The highest BCUT2D eigenvalue weighted by Crippen LogP contribution is 2.53. The summed E-state index contributed by atoms with van der Waals surface area (Å²) in [5, 5.41) is 14.7. The SMILES string of the molecule is Cc1ccc2c(N(c3ccccc3)c3cccc4c3ccc3ccccc34)c3cc(C)c(C)cc3c(N(c3ccccc3)c3cccc4c3ccc3ccccc34)c2c1. The van der Waals surface area contributed by atoms with Gasteiger partial charge in [-0.3, -0.25) is 0 Å². The van der Waals surface area contributed by atoms with E-state index < -0.39 is 0 Å². The highest BCUT2D eigenvalue weighted by Gasteiger charge is 2.27. The van der Waals surface area contributed by atoms with Gasteiger partial charge in [-0.25, -0.2) is 0 Å². The van der Waals surface area contributed by atoms with Crippen LogP contribution in [0.15, 0.2) is 200 Å². The Kier molecular flexibility index (Phi) is 8.20. The molecule has 280 valence electrons. The highest BCUT2D eigenvalue weighted by atomic mass is 15.2. The maximum absolute atomic E-state index is 2.52. The molecule has 2 heteroatoms. The minimum atomic E-state index is 1.11. The van der Waals surface area contributed by atoms with Crippen molar-refractivity contribution in [2.45, 2.75) is 20.8 Å². The molecule has 0 saturated heterocycles. The lowest BCUT2D eigenvalue weighted by Gasteiger charge is -2.34. The lowest BCUT2D eigenvalue weighted by atomic mass is 9.91. The summed E-state index contributed by atoms with van der Waals surface area (Å²) in [5.74, 6) is 0. The van der Waals surface area contributed by atoms with Gasteiger partial charge in [0.05, 0.1) is 22.7 Å². The standard InChI is InChI=1S/C57H42N2/c1-37-28-31-50-51(34-37)57(59(43-20-8-5-9-21-43)55-27-15-25-47-45-23-13-11-17-41(45)30-33-49(47)55)53-36-39(3)38(2)35-52(53)56(50)58(42-18-6-4-7-19-42)54-26-14-24-46-44-22-12-10-16-40(44)29-32-48(46)54/h4-36H,1-3H3. The maximum Gasteiger partial charge on any atom is 0.0620 e. The lowest BCUT2D eigenvalue weighted by Crippen LogP contribution is -2.15. The van der Waals surface area contributed by atoms with E-state index in [1.807, 2.05) is 0 Å². The first-order valence-corrected chi connectivity index (χ1v) is 20.5. The van der Waals surface area contributed by atoms with Gasteiger partial charge < -0.3 is 9.80 Å². The summed E-state index contributed by atoms with van der Waals surface area (Å²) in [5.41, 5.74) is 10.6. The van der Waals surface area contributed by atoms with E-state index >= 15 is 0 Å². The van der Waals surface area contributed by atoms with Gasteiger partial charge in [-0.2, -0.15) is 0 Å². The molecule has 0 bridgehead atoms. The molecule has 11 aromatic rings. The van der Waals surface area contributed by atoms with Crippen molar-refractivity contribution in [2.75, 3.05) is 9.80 Å². The average molecular weight is 755 g/mol. The number of hydrogen-bond acceptors (Lipinski definition) is 2. The molecule has 0 fully saturated rings. The van der Waals surface area contributed by atoms with Gasteiger partial charge in [-0.1, -0.05) is 151 Å². The summed E-state index contributed by atoms with van der Waals surface area (Å²) in [4.78, 5) is 5.04. The minimum absolute atomic E-state index is 1.11. The Morgan fingerprint density at radius 1 is 0.271 bits per heavy atom. The third-order valence-electron chi connectivity index (χ3n) is 12.3. The fourth-order valence-electron chi connectivity index (χ4n) is 9.41. The van der Waals surface area contributed by atoms with Crippen LogP contribution in [-0.2, 0) is 0 Å². The van der Waals surface area contributed by atoms with E-state index in [0.29, 0.717) is 0 Å². The number of fused-ring (bicyclic) bond motifs is 8. The van der Waals surface area contributed by atoms with Crippen LogP contribution in [-0.4, -0.2) is 0 Å². The monoisotopic (exact) mass is 754 g/mol. The van der Waals surface area contributed by atoms with E-state index in [1.54, 1.807) is 0 Å². The van der Waals surface area contributed by atoms with Gasteiger partial charge in [0.15, 0.2) is 0 Å². The number of aryl methyl sites for hydroxylation is 3. The molecular formula is C57H42N2. The van der Waals surface area contributed by atoms with E-state index in [-0.39, 0.29) is 0 Å². The molecule has 0 atom stereocenters. The molecule has 0 aliphatic carbocycles. The molecule has 0 N–H and O–H groups in total. The fraction of sp³-hybridized carbons (Fsp3) is 0.0526. The van der Waals surface area contributed by atoms with Crippen molar-refractivity contribution in [1.29, 1.82) is 0 Å². The number of para-hydroxylation sites is 2. The zero-order valence-corrected chi connectivity index (χ0v) is 33.4. The zero-order chi connectivity index (χ0) is 39.6. The normalized spacial score (nSPS) is 11.6. The van der Waals surface area contributed by atoms with Crippen LogP contribution in [0.1, 0.15) is 16.7 Å². The van der Waals surface area contributed by atoms with Crippen molar-refractivity contribution in [3.63, 3.8) is 0 Å². The molecule has 59 heavy (non-hydrogen) atoms. The van der Waals surface area contributed by atoms with Crippen molar-refractivity contribution >= 4 is 98.8 Å². The lowest BCUT2D eigenvalue weighted by molar-refractivity contribution is 1.30. The van der Waals surface area contributed by atoms with E-state index in [1.165, 1.54) is 92.7 Å². The molecule has 0 aliphatic rings. The number of nitrogens with zero attached hydrogens (tertiary/aromatic N) is 2. The first-order chi connectivity index (χ1) is 29.0. The molecule has 0 unspecified atom stereocenters. The quantitative estimate of drug-likeness (QED) is 0.0947. The Morgan fingerprint density at radius 2 is 0.678 bits per heavy atom. The van der Waals surface area contributed by atoms with Crippen LogP contribution in [0.3, 0.4) is 0 Å². The summed E-state index contributed by atoms with van der Waals surface area (Å²) in [6.07, 6.45) is 0. The first-order valence-electron chi connectivity index (χ1n) is 20.5. The van der Waals surface area contributed by atoms with Crippen molar-refractivity contribution in [3.8, 4) is 0 Å². The first kappa shape index (κ1) is 34.8. The van der Waals surface area contributed by atoms with E-state index in [0.717, 1.165) is 22.7 Å². The van der Waals surface area contributed by atoms with Crippen molar-refractivity contribution in [3.05, 3.63) is 217 Å². The number of benzene rings is 11. The Balaban J connectivity index is 1.30. The smallest absolute Gasteiger partial charge is 0.0620 e. The number of hydrogen-bond donors (Lipinski definition) is 0. The van der Waals surface area contributed by atoms with Crippen LogP contribution in [0.2, 0.25) is 0 Å². The van der Waals surface area contributed by atoms with Gasteiger partial charge in [0.1, 0.15) is 0 Å². The van der Waals surface area contributed by atoms with Gasteiger partial charge in [-0.15, -0.1) is 0 Å². The Bertz CT molecular complexity index is 3420. The predicted octanol–water partition coefficient (Wildman–Crippen LogP) is 16.5. The Labute approximate surface area is 344 Å². The van der Waals surface area contributed by atoms with Crippen molar-refractivity contribution in [1.82, 2.24) is 0 Å². The summed E-state index contributed by atoms with van der Waals surface area (Å²) >= 11 is 0. The van der Waals surface area contributed by atoms with Crippen molar-refractivity contribution < 1.29 is 0 Å². The fourth-order valence-corrected chi connectivity index (χ4v) is 9.41. The van der Waals surface area contributed by atoms with Crippen LogP contribution in [0.4, 0.5) is 34.1 Å². The summed E-state index contributed by atoms with van der Waals surface area (Å²) in [6, 6.07) is 73.9. The molecule has 0 heterocycles. The van der Waals surface area contributed by atoms with E-state index in [2.05, 4.69) is 231 Å². The predicted molar refractivity (Wildman–Crippen MR) is 255 cm³/mol. The molecule has 2 nitrogen and oxygen atoms in total. The van der Waals surface area contributed by atoms with Crippen LogP contribution < -0.4 is 9.80 Å². The molecule has 0 radical (unpaired) electrons. The van der Waals surface area contributed by atoms with Crippen LogP contribution >= 0.6 is 0 Å². The van der Waals surface area contributed by atoms with Crippen molar-refractivity contribution in [2.24, 2.45) is 0 Å². The van der Waals surface area contributed by atoms with Crippen LogP contribution in [0, 0.1) is 20.8 Å². The molecule has 0 amide bonds. The maximum atomic E-state index is 2.52. The molecule has 0 saturated carbocycles. The summed E-state index contributed by atoms with van der Waals surface area (Å²) < 4.78 is 0. The zero-order valence-electron chi connectivity index (χ0n) is 33.4. The third-order valence-corrected chi connectivity index (χ3v) is 12.3. The molecule has 0 spiro atoms. The molecule has 0 aliphatic heterocycles. The molecule has 0 aromatic heterocycles. The van der Waals surface area contributed by atoms with E-state index in [4.69, 9.17) is 0 Å². The summed E-state index contributed by atoms with van der Waals surface area (Å²) in [7, 11) is 0. The Hall–Kier alpha value is -7.42. The molecule has 11 rings (SSSR count). The highest BCUT2D eigenvalue weighted by molar-refractivity contribution is 6.26. The topological polar surface area (TPSA) is 6.48 Å².